The van der Waals surface area contributed by atoms with Crippen LogP contribution in [0.25, 0.3) is 0 Å². The fraction of sp³-hybridized carbons (Fsp3) is 0.462. The van der Waals surface area contributed by atoms with Crippen LogP contribution in [0.4, 0.5) is 4.39 Å². The van der Waals surface area contributed by atoms with Crippen molar-refractivity contribution in [1.29, 1.82) is 0 Å². The molecule has 0 N–H and O–H groups in total. The maximum absolute atomic E-state index is 13.0. The van der Waals surface area contributed by atoms with Gasteiger partial charge in [-0.05, 0) is 25.0 Å². The number of benzene rings is 1. The average Bonchev–Trinajstić information content (AvgIpc) is 2.33. The number of hydrogen-bond acceptors (Lipinski definition) is 3. The fourth-order valence-electron chi connectivity index (χ4n) is 1.45. The van der Waals surface area contributed by atoms with E-state index in [-0.39, 0.29) is 5.82 Å². The van der Waals surface area contributed by atoms with Gasteiger partial charge < -0.3 is 9.47 Å². The Labute approximate surface area is 101 Å². The van der Waals surface area contributed by atoms with Crippen LogP contribution < -0.4 is 4.74 Å². The van der Waals surface area contributed by atoms with E-state index in [0.717, 1.165) is 12.8 Å². The molecule has 0 amide bonds. The second-order valence-electron chi connectivity index (χ2n) is 3.73. The van der Waals surface area contributed by atoms with E-state index in [4.69, 9.17) is 4.74 Å². The number of hydrogen-bond donors (Lipinski definition) is 0. The first kappa shape index (κ1) is 13.5. The summed E-state index contributed by atoms with van der Waals surface area (Å²) in [5.74, 6) is -0.471. The molecule has 1 atom stereocenters. The average molecular weight is 240 g/mol. The second-order valence-corrected chi connectivity index (χ2v) is 3.73. The first-order chi connectivity index (χ1) is 8.17. The Kier molecular flexibility index (Phi) is 5.46. The van der Waals surface area contributed by atoms with Crippen molar-refractivity contribution >= 4 is 5.97 Å². The molecule has 1 rings (SSSR count). The van der Waals surface area contributed by atoms with Gasteiger partial charge in [-0.2, -0.15) is 0 Å². The van der Waals surface area contributed by atoms with Crippen LogP contribution >= 0.6 is 0 Å². The quantitative estimate of drug-likeness (QED) is 0.717. The lowest BCUT2D eigenvalue weighted by Crippen LogP contribution is -2.28. The largest absolute Gasteiger partial charge is 0.479 e. The minimum Gasteiger partial charge on any atom is -0.479 e. The highest BCUT2D eigenvalue weighted by Crippen LogP contribution is 2.16. The van der Waals surface area contributed by atoms with E-state index in [1.807, 2.05) is 6.92 Å². The third kappa shape index (κ3) is 4.43. The highest BCUT2D eigenvalue weighted by Gasteiger charge is 2.20. The summed E-state index contributed by atoms with van der Waals surface area (Å²) in [6, 6.07) is 5.73. The monoisotopic (exact) mass is 240 g/mol. The lowest BCUT2D eigenvalue weighted by atomic mass is 10.1. The molecular formula is C13H17FO3. The molecule has 4 heteroatoms. The minimum absolute atomic E-state index is 0.344. The molecule has 0 aliphatic carbocycles. The van der Waals surface area contributed by atoms with E-state index >= 15 is 0 Å². The molecule has 17 heavy (non-hydrogen) atoms. The molecule has 3 nitrogen and oxygen atoms in total. The standard InChI is InChI=1S/C13H17FO3/c1-3-4-8-12(13(15)16-2)17-11-7-5-6-10(14)9-11/h5-7,9,12H,3-4,8H2,1-2H3. The van der Waals surface area contributed by atoms with Crippen molar-refractivity contribution in [3.8, 4) is 5.75 Å². The zero-order valence-electron chi connectivity index (χ0n) is 10.1. The number of carbonyl (C=O) groups is 1. The van der Waals surface area contributed by atoms with Crippen LogP contribution in [0.2, 0.25) is 0 Å². The Balaban J connectivity index is 2.68. The summed E-state index contributed by atoms with van der Waals surface area (Å²) in [4.78, 5) is 11.5. The van der Waals surface area contributed by atoms with Gasteiger partial charge in [0.15, 0.2) is 6.10 Å². The molecule has 0 bridgehead atoms. The molecule has 0 spiro atoms. The molecular weight excluding hydrogens is 223 g/mol. The molecule has 94 valence electrons. The van der Waals surface area contributed by atoms with Gasteiger partial charge in [0.25, 0.3) is 0 Å². The van der Waals surface area contributed by atoms with E-state index in [1.54, 1.807) is 12.1 Å². The summed E-state index contributed by atoms with van der Waals surface area (Å²) in [5, 5.41) is 0. The smallest absolute Gasteiger partial charge is 0.347 e. The van der Waals surface area contributed by atoms with E-state index in [9.17, 15) is 9.18 Å². The predicted octanol–water partition coefficient (Wildman–Crippen LogP) is 2.94. The number of rotatable bonds is 6. The molecule has 0 radical (unpaired) electrons. The van der Waals surface area contributed by atoms with Crippen molar-refractivity contribution < 1.29 is 18.7 Å². The van der Waals surface area contributed by atoms with Crippen molar-refractivity contribution in [3.63, 3.8) is 0 Å². The Morgan fingerprint density at radius 2 is 2.24 bits per heavy atom. The van der Waals surface area contributed by atoms with Gasteiger partial charge in [-0.1, -0.05) is 19.4 Å². The summed E-state index contributed by atoms with van der Waals surface area (Å²) < 4.78 is 23.0. The zero-order valence-corrected chi connectivity index (χ0v) is 10.1. The minimum atomic E-state index is -0.665. The number of methoxy groups -OCH3 is 1. The summed E-state index contributed by atoms with van der Waals surface area (Å²) in [5.41, 5.74) is 0. The van der Waals surface area contributed by atoms with Gasteiger partial charge in [0.1, 0.15) is 11.6 Å². The van der Waals surface area contributed by atoms with Gasteiger partial charge >= 0.3 is 5.97 Å². The van der Waals surface area contributed by atoms with Gasteiger partial charge in [-0.3, -0.25) is 0 Å². The molecule has 0 heterocycles. The number of halogens is 1. The van der Waals surface area contributed by atoms with E-state index in [0.29, 0.717) is 12.2 Å². The third-order valence-electron chi connectivity index (χ3n) is 2.36. The molecule has 0 fully saturated rings. The second kappa shape index (κ2) is 6.89. The van der Waals surface area contributed by atoms with Crippen LogP contribution in [0, 0.1) is 5.82 Å². The molecule has 1 aromatic carbocycles. The van der Waals surface area contributed by atoms with E-state index < -0.39 is 12.1 Å². The molecule has 1 unspecified atom stereocenters. The highest BCUT2D eigenvalue weighted by molar-refractivity contribution is 5.74. The van der Waals surface area contributed by atoms with Crippen LogP contribution in [0.3, 0.4) is 0 Å². The summed E-state index contributed by atoms with van der Waals surface area (Å²) in [6.07, 6.45) is 1.72. The molecule has 0 saturated carbocycles. The predicted molar refractivity (Wildman–Crippen MR) is 62.4 cm³/mol. The first-order valence-corrected chi connectivity index (χ1v) is 5.67. The Bertz CT molecular complexity index is 365. The van der Waals surface area contributed by atoms with Crippen molar-refractivity contribution in [2.24, 2.45) is 0 Å². The maximum Gasteiger partial charge on any atom is 0.347 e. The summed E-state index contributed by atoms with van der Waals surface area (Å²) in [7, 11) is 1.32. The first-order valence-electron chi connectivity index (χ1n) is 5.67. The van der Waals surface area contributed by atoms with Gasteiger partial charge in [-0.15, -0.1) is 0 Å². The van der Waals surface area contributed by atoms with Crippen molar-refractivity contribution in [3.05, 3.63) is 30.1 Å². The number of esters is 1. The van der Waals surface area contributed by atoms with Gasteiger partial charge in [0.2, 0.25) is 0 Å². The van der Waals surface area contributed by atoms with Crippen LogP contribution in [0.5, 0.6) is 5.75 Å². The van der Waals surface area contributed by atoms with Gasteiger partial charge in [0, 0.05) is 6.07 Å². The van der Waals surface area contributed by atoms with Crippen molar-refractivity contribution in [1.82, 2.24) is 0 Å². The topological polar surface area (TPSA) is 35.5 Å². The van der Waals surface area contributed by atoms with Gasteiger partial charge in [-0.25, -0.2) is 9.18 Å². The molecule has 1 aromatic rings. The van der Waals surface area contributed by atoms with Crippen LogP contribution in [-0.4, -0.2) is 19.2 Å². The summed E-state index contributed by atoms with van der Waals surface area (Å²) in [6.45, 7) is 2.02. The van der Waals surface area contributed by atoms with Crippen LogP contribution in [0.1, 0.15) is 26.2 Å². The highest BCUT2D eigenvalue weighted by atomic mass is 19.1. The fourth-order valence-corrected chi connectivity index (χ4v) is 1.45. The Morgan fingerprint density at radius 1 is 1.47 bits per heavy atom. The zero-order chi connectivity index (χ0) is 12.7. The lowest BCUT2D eigenvalue weighted by Gasteiger charge is -2.16. The van der Waals surface area contributed by atoms with Crippen LogP contribution in [0.15, 0.2) is 24.3 Å². The third-order valence-corrected chi connectivity index (χ3v) is 2.36. The van der Waals surface area contributed by atoms with Crippen LogP contribution in [-0.2, 0) is 9.53 Å². The molecule has 0 aliphatic rings. The SMILES string of the molecule is CCCCC(Oc1cccc(F)c1)C(=O)OC. The van der Waals surface area contributed by atoms with E-state index in [2.05, 4.69) is 4.74 Å². The number of carbonyl (C=O) groups excluding carboxylic acids is 1. The number of unbranched alkanes of at least 4 members (excludes halogenated alkanes) is 1. The van der Waals surface area contributed by atoms with Crippen molar-refractivity contribution in [2.45, 2.75) is 32.3 Å². The molecule has 0 saturated heterocycles. The Morgan fingerprint density at radius 3 is 2.82 bits per heavy atom. The van der Waals surface area contributed by atoms with Gasteiger partial charge in [0.05, 0.1) is 7.11 Å². The molecule has 0 aliphatic heterocycles. The van der Waals surface area contributed by atoms with E-state index in [1.165, 1.54) is 19.2 Å². The molecule has 0 aromatic heterocycles. The maximum atomic E-state index is 13.0. The van der Waals surface area contributed by atoms with Crippen molar-refractivity contribution in [2.75, 3.05) is 7.11 Å². The Hall–Kier alpha value is -1.58. The normalized spacial score (nSPS) is 11.9. The summed E-state index contributed by atoms with van der Waals surface area (Å²) >= 11 is 0. The lowest BCUT2D eigenvalue weighted by molar-refractivity contribution is -0.149. The number of ether oxygens (including phenoxy) is 2.